The zero-order chi connectivity index (χ0) is 13.5. The number of nitrogens with zero attached hydrogens (tertiary/aromatic N) is 1. The molecule has 0 heterocycles. The van der Waals surface area contributed by atoms with E-state index < -0.39 is 0 Å². The maximum absolute atomic E-state index is 8.75. The fourth-order valence-corrected chi connectivity index (χ4v) is 2.39. The van der Waals surface area contributed by atoms with Crippen molar-refractivity contribution < 1.29 is 4.74 Å². The van der Waals surface area contributed by atoms with Crippen molar-refractivity contribution in [3.8, 4) is 11.8 Å². The van der Waals surface area contributed by atoms with Crippen LogP contribution in [0, 0.1) is 11.3 Å². The molecule has 3 nitrogen and oxygen atoms in total. The predicted molar refractivity (Wildman–Crippen MR) is 76.6 cm³/mol. The van der Waals surface area contributed by atoms with Crippen LogP contribution in [0.1, 0.15) is 38.3 Å². The summed E-state index contributed by atoms with van der Waals surface area (Å²) in [6, 6.07) is 8.71. The van der Waals surface area contributed by atoms with Crippen molar-refractivity contribution >= 4 is 15.9 Å². The zero-order valence-electron chi connectivity index (χ0n) is 11.0. The summed E-state index contributed by atoms with van der Waals surface area (Å²) in [5, 5.41) is 12.2. The van der Waals surface area contributed by atoms with E-state index in [1.54, 1.807) is 7.11 Å². The van der Waals surface area contributed by atoms with Crippen molar-refractivity contribution in [1.82, 2.24) is 5.32 Å². The maximum atomic E-state index is 8.75. The number of nitriles is 1. The summed E-state index contributed by atoms with van der Waals surface area (Å²) in [4.78, 5) is 0. The van der Waals surface area contributed by atoms with Crippen LogP contribution in [0.15, 0.2) is 22.7 Å². The van der Waals surface area contributed by atoms with Crippen molar-refractivity contribution in [2.24, 2.45) is 0 Å². The van der Waals surface area contributed by atoms with E-state index >= 15 is 0 Å². The molecule has 0 amide bonds. The Morgan fingerprint density at radius 3 is 2.72 bits per heavy atom. The molecule has 0 aliphatic carbocycles. The molecular formula is C14H19BrN2O. The molecule has 0 aliphatic heterocycles. The van der Waals surface area contributed by atoms with Gasteiger partial charge in [0, 0.05) is 12.1 Å². The number of ether oxygens (including phenoxy) is 1. The topological polar surface area (TPSA) is 45.0 Å². The summed E-state index contributed by atoms with van der Waals surface area (Å²) in [5.74, 6) is 0.829. The van der Waals surface area contributed by atoms with Crippen LogP contribution in [-0.4, -0.2) is 13.2 Å². The molecule has 18 heavy (non-hydrogen) atoms. The summed E-state index contributed by atoms with van der Waals surface area (Å²) in [5.41, 5.74) is 1.18. The quantitative estimate of drug-likeness (QED) is 0.869. The minimum Gasteiger partial charge on any atom is -0.496 e. The first kappa shape index (κ1) is 15.0. The van der Waals surface area contributed by atoms with Gasteiger partial charge in [-0.05, 0) is 47.0 Å². The van der Waals surface area contributed by atoms with Gasteiger partial charge in [-0.25, -0.2) is 0 Å². The van der Waals surface area contributed by atoms with Gasteiger partial charge in [-0.15, -0.1) is 0 Å². The summed E-state index contributed by atoms with van der Waals surface area (Å²) in [6.07, 6.45) is 1.49. The molecule has 0 fully saturated rings. The van der Waals surface area contributed by atoms with Crippen LogP contribution < -0.4 is 10.1 Å². The Bertz CT molecular complexity index is 428. The molecule has 1 aromatic carbocycles. The van der Waals surface area contributed by atoms with Gasteiger partial charge in [-0.2, -0.15) is 5.26 Å². The third kappa shape index (κ3) is 4.01. The maximum Gasteiger partial charge on any atom is 0.133 e. The highest BCUT2D eigenvalue weighted by atomic mass is 79.9. The molecule has 0 saturated carbocycles. The number of rotatable bonds is 6. The Balaban J connectivity index is 2.75. The number of hydrogen-bond donors (Lipinski definition) is 1. The van der Waals surface area contributed by atoms with Crippen molar-refractivity contribution in [3.63, 3.8) is 0 Å². The van der Waals surface area contributed by atoms with Gasteiger partial charge in [0.2, 0.25) is 0 Å². The van der Waals surface area contributed by atoms with Gasteiger partial charge in [0.25, 0.3) is 0 Å². The predicted octanol–water partition coefficient (Wildman–Crippen LogP) is 3.80. The minimum atomic E-state index is 0.213. The van der Waals surface area contributed by atoms with Crippen LogP contribution in [0.25, 0.3) is 0 Å². The monoisotopic (exact) mass is 310 g/mol. The Morgan fingerprint density at radius 1 is 1.50 bits per heavy atom. The second kappa shape index (κ2) is 7.40. The Labute approximate surface area is 117 Å². The number of halogens is 1. The van der Waals surface area contributed by atoms with E-state index in [0.29, 0.717) is 6.42 Å². The fourth-order valence-electron chi connectivity index (χ4n) is 1.83. The third-order valence-corrected chi connectivity index (χ3v) is 3.61. The van der Waals surface area contributed by atoms with Crippen LogP contribution >= 0.6 is 15.9 Å². The van der Waals surface area contributed by atoms with E-state index in [0.717, 1.165) is 16.6 Å². The van der Waals surface area contributed by atoms with Crippen molar-refractivity contribution in [2.75, 3.05) is 7.11 Å². The summed E-state index contributed by atoms with van der Waals surface area (Å²) >= 11 is 3.48. The first-order chi connectivity index (χ1) is 8.62. The molecular weight excluding hydrogens is 292 g/mol. The molecule has 0 bridgehead atoms. The van der Waals surface area contributed by atoms with E-state index in [9.17, 15) is 0 Å². The molecule has 98 valence electrons. The Morgan fingerprint density at radius 2 is 2.22 bits per heavy atom. The SMILES string of the molecule is CCC(CC#N)NC(C)c1ccc(OC)c(Br)c1. The average molecular weight is 311 g/mol. The molecule has 0 radical (unpaired) electrons. The standard InChI is InChI=1S/C14H19BrN2O/c1-4-12(7-8-16)17-10(2)11-5-6-14(18-3)13(15)9-11/h5-6,9-10,12,17H,4,7H2,1-3H3. The smallest absolute Gasteiger partial charge is 0.133 e. The lowest BCUT2D eigenvalue weighted by atomic mass is 10.1. The van der Waals surface area contributed by atoms with Crippen LogP contribution in [-0.2, 0) is 0 Å². The number of methoxy groups -OCH3 is 1. The Hall–Kier alpha value is -1.05. The lowest BCUT2D eigenvalue weighted by Gasteiger charge is -2.21. The van der Waals surface area contributed by atoms with Crippen LogP contribution in [0.2, 0.25) is 0 Å². The first-order valence-corrected chi connectivity index (χ1v) is 6.88. The normalized spacial score (nSPS) is 13.7. The second-order valence-electron chi connectivity index (χ2n) is 4.25. The van der Waals surface area contributed by atoms with E-state index in [1.807, 2.05) is 12.1 Å². The fraction of sp³-hybridized carbons (Fsp3) is 0.500. The largest absolute Gasteiger partial charge is 0.496 e. The lowest BCUT2D eigenvalue weighted by molar-refractivity contribution is 0.411. The molecule has 0 aromatic heterocycles. The molecule has 0 saturated heterocycles. The zero-order valence-corrected chi connectivity index (χ0v) is 12.6. The highest BCUT2D eigenvalue weighted by molar-refractivity contribution is 9.10. The second-order valence-corrected chi connectivity index (χ2v) is 5.10. The van der Waals surface area contributed by atoms with E-state index in [-0.39, 0.29) is 12.1 Å². The molecule has 2 unspecified atom stereocenters. The van der Waals surface area contributed by atoms with Crippen LogP contribution in [0.5, 0.6) is 5.75 Å². The van der Waals surface area contributed by atoms with Crippen LogP contribution in [0.4, 0.5) is 0 Å². The summed E-state index contributed by atoms with van der Waals surface area (Å²) in [7, 11) is 1.65. The minimum absolute atomic E-state index is 0.213. The molecule has 0 aliphatic rings. The molecule has 1 rings (SSSR count). The number of nitrogens with one attached hydrogen (secondary N) is 1. The van der Waals surface area contributed by atoms with Gasteiger partial charge in [0.15, 0.2) is 0 Å². The van der Waals surface area contributed by atoms with Gasteiger partial charge in [-0.1, -0.05) is 13.0 Å². The Kier molecular flexibility index (Phi) is 6.17. The highest BCUT2D eigenvalue weighted by Gasteiger charge is 2.12. The average Bonchev–Trinajstić information content (AvgIpc) is 2.37. The van der Waals surface area contributed by atoms with Crippen molar-refractivity contribution in [1.29, 1.82) is 5.26 Å². The van der Waals surface area contributed by atoms with E-state index in [2.05, 4.69) is 47.2 Å². The highest BCUT2D eigenvalue weighted by Crippen LogP contribution is 2.28. The molecule has 2 atom stereocenters. The van der Waals surface area contributed by atoms with E-state index in [4.69, 9.17) is 10.00 Å². The lowest BCUT2D eigenvalue weighted by Crippen LogP contribution is -2.30. The third-order valence-electron chi connectivity index (χ3n) is 2.99. The van der Waals surface area contributed by atoms with E-state index in [1.165, 1.54) is 5.56 Å². The summed E-state index contributed by atoms with van der Waals surface area (Å²) in [6.45, 7) is 4.19. The van der Waals surface area contributed by atoms with Crippen LogP contribution in [0.3, 0.4) is 0 Å². The molecule has 1 aromatic rings. The first-order valence-electron chi connectivity index (χ1n) is 6.08. The van der Waals surface area contributed by atoms with Gasteiger partial charge in [0.1, 0.15) is 5.75 Å². The van der Waals surface area contributed by atoms with Crippen molar-refractivity contribution in [3.05, 3.63) is 28.2 Å². The summed E-state index contributed by atoms with van der Waals surface area (Å²) < 4.78 is 6.16. The van der Waals surface area contributed by atoms with Gasteiger partial charge >= 0.3 is 0 Å². The van der Waals surface area contributed by atoms with Gasteiger partial charge in [-0.3, -0.25) is 0 Å². The van der Waals surface area contributed by atoms with Crippen molar-refractivity contribution in [2.45, 2.75) is 38.8 Å². The van der Waals surface area contributed by atoms with Gasteiger partial charge < -0.3 is 10.1 Å². The van der Waals surface area contributed by atoms with Gasteiger partial charge in [0.05, 0.1) is 24.1 Å². The number of benzene rings is 1. The molecule has 0 spiro atoms. The number of hydrogen-bond acceptors (Lipinski definition) is 3. The molecule has 1 N–H and O–H groups in total. The molecule has 4 heteroatoms.